The van der Waals surface area contributed by atoms with Gasteiger partial charge in [0, 0.05) is 0 Å². The van der Waals surface area contributed by atoms with Crippen LogP contribution in [0.3, 0.4) is 0 Å². The largest absolute Gasteiger partial charge is 0.469 e. The third kappa shape index (κ3) is 4.41. The molecule has 0 amide bonds. The van der Waals surface area contributed by atoms with Crippen molar-refractivity contribution in [1.29, 1.82) is 0 Å². The number of nitrogens with two attached hydrogens (primary N) is 1. The van der Waals surface area contributed by atoms with Gasteiger partial charge in [0.1, 0.15) is 18.3 Å². The van der Waals surface area contributed by atoms with Crippen LogP contribution in [0.15, 0.2) is 6.33 Å². The van der Waals surface area contributed by atoms with E-state index in [-0.39, 0.29) is 23.0 Å². The van der Waals surface area contributed by atoms with Gasteiger partial charge in [-0.3, -0.25) is 9.09 Å². The summed E-state index contributed by atoms with van der Waals surface area (Å²) in [4.78, 5) is 30.0. The van der Waals surface area contributed by atoms with Gasteiger partial charge in [0.2, 0.25) is 0 Å². The zero-order chi connectivity index (χ0) is 20.5. The molecule has 1 aliphatic heterocycles. The van der Waals surface area contributed by atoms with Gasteiger partial charge in [0.25, 0.3) is 0 Å². The fraction of sp³-hybridized carbons (Fsp3) is 0.643. The summed E-state index contributed by atoms with van der Waals surface area (Å²) in [5, 5.41) is 20.4. The summed E-state index contributed by atoms with van der Waals surface area (Å²) in [5.74, 6) is 0.0738. The van der Waals surface area contributed by atoms with Crippen LogP contribution in [0.5, 0.6) is 6.01 Å². The molecule has 0 spiro atoms. The standard InChI is InChI=1S/C14H22N5O8P/c1-2-3-4-25-14-17-11(15)8-12(18-14)19(6-16-8)13-10(21)9(20)7(27-13)5-26-28(22,23)24/h6-7,9-10,13,20-21H,2-5H2,1H3,(H2,15,17,18)(H2,22,23,24)/t7-,9-,10-,13?/m1/s1. The van der Waals surface area contributed by atoms with Gasteiger partial charge < -0.3 is 35.2 Å². The number of fused-ring (bicyclic) bond motifs is 1. The minimum atomic E-state index is -4.76. The molecule has 3 heterocycles. The first kappa shape index (κ1) is 20.9. The van der Waals surface area contributed by atoms with Crippen LogP contribution in [0.25, 0.3) is 11.2 Å². The molecule has 0 aromatic carbocycles. The number of rotatable bonds is 8. The number of anilines is 1. The van der Waals surface area contributed by atoms with Crippen LogP contribution in [0.4, 0.5) is 5.82 Å². The maximum atomic E-state index is 10.9. The molecule has 0 saturated carbocycles. The average molecular weight is 419 g/mol. The van der Waals surface area contributed by atoms with Gasteiger partial charge in [-0.25, -0.2) is 9.55 Å². The molecule has 13 nitrogen and oxygen atoms in total. The smallest absolute Gasteiger partial charge is 0.463 e. The van der Waals surface area contributed by atoms with Gasteiger partial charge in [0.15, 0.2) is 23.2 Å². The number of nitrogen functional groups attached to an aromatic ring is 1. The number of hydrogen-bond donors (Lipinski definition) is 5. The highest BCUT2D eigenvalue weighted by Gasteiger charge is 2.45. The van der Waals surface area contributed by atoms with Gasteiger partial charge in [-0.2, -0.15) is 9.97 Å². The minimum absolute atomic E-state index is 0.0367. The molecule has 0 radical (unpaired) electrons. The molecule has 0 aliphatic carbocycles. The van der Waals surface area contributed by atoms with Crippen molar-refractivity contribution in [2.45, 2.75) is 44.3 Å². The normalized spacial score (nSPS) is 25.5. The van der Waals surface area contributed by atoms with Gasteiger partial charge in [0.05, 0.1) is 19.5 Å². The molecule has 1 aliphatic rings. The SMILES string of the molecule is CCCCOc1nc(N)c2ncn(C3O[C@H](COP(=O)(O)O)[C@@H](O)[C@H]3O)c2n1. The van der Waals surface area contributed by atoms with Crippen molar-refractivity contribution in [3.8, 4) is 6.01 Å². The number of ether oxygens (including phenoxy) is 2. The van der Waals surface area contributed by atoms with Crippen molar-refractivity contribution >= 4 is 24.8 Å². The number of aliphatic hydroxyl groups is 2. The summed E-state index contributed by atoms with van der Waals surface area (Å²) in [6, 6.07) is 0.0367. The Balaban J connectivity index is 1.85. The zero-order valence-corrected chi connectivity index (χ0v) is 15.8. The quantitative estimate of drug-likeness (QED) is 0.267. The zero-order valence-electron chi connectivity index (χ0n) is 15.0. The highest BCUT2D eigenvalue weighted by Crippen LogP contribution is 2.39. The number of nitrogens with zero attached hydrogens (tertiary/aromatic N) is 4. The Morgan fingerprint density at radius 3 is 2.75 bits per heavy atom. The van der Waals surface area contributed by atoms with Gasteiger partial charge >= 0.3 is 13.8 Å². The van der Waals surface area contributed by atoms with Crippen molar-refractivity contribution < 1.29 is 38.6 Å². The molecule has 6 N–H and O–H groups in total. The maximum Gasteiger partial charge on any atom is 0.469 e. The Bertz CT molecular complexity index is 873. The first-order valence-electron chi connectivity index (χ1n) is 8.55. The highest BCUT2D eigenvalue weighted by atomic mass is 31.2. The molecule has 156 valence electrons. The Morgan fingerprint density at radius 2 is 2.07 bits per heavy atom. The molecule has 1 saturated heterocycles. The number of unbranched alkanes of at least 4 members (excludes halogenated alkanes) is 1. The molecule has 28 heavy (non-hydrogen) atoms. The summed E-state index contributed by atoms with van der Waals surface area (Å²) in [6.45, 7) is 1.79. The first-order chi connectivity index (χ1) is 13.2. The summed E-state index contributed by atoms with van der Waals surface area (Å²) in [5.41, 5.74) is 6.36. The molecule has 1 fully saturated rings. The predicted molar refractivity (Wildman–Crippen MR) is 94.1 cm³/mol. The van der Waals surface area contributed by atoms with E-state index in [1.54, 1.807) is 0 Å². The second-order valence-electron chi connectivity index (χ2n) is 6.25. The Hall–Kier alpha value is -1.86. The second-order valence-corrected chi connectivity index (χ2v) is 7.49. The lowest BCUT2D eigenvalue weighted by atomic mass is 10.1. The van der Waals surface area contributed by atoms with E-state index in [0.29, 0.717) is 6.61 Å². The number of imidazole rings is 1. The maximum absolute atomic E-state index is 10.9. The second kappa shape index (κ2) is 8.25. The van der Waals surface area contributed by atoms with E-state index in [1.165, 1.54) is 10.9 Å². The van der Waals surface area contributed by atoms with Crippen molar-refractivity contribution in [3.63, 3.8) is 0 Å². The Morgan fingerprint density at radius 1 is 1.32 bits per heavy atom. The van der Waals surface area contributed by atoms with Gasteiger partial charge in [-0.05, 0) is 6.42 Å². The van der Waals surface area contributed by atoms with E-state index in [0.717, 1.165) is 12.8 Å². The molecule has 1 unspecified atom stereocenters. The van der Waals surface area contributed by atoms with E-state index in [2.05, 4.69) is 19.5 Å². The van der Waals surface area contributed by atoms with Crippen molar-refractivity contribution in [3.05, 3.63) is 6.33 Å². The molecule has 3 rings (SSSR count). The van der Waals surface area contributed by atoms with Crippen molar-refractivity contribution in [1.82, 2.24) is 19.5 Å². The van der Waals surface area contributed by atoms with E-state index < -0.39 is 39.0 Å². The lowest BCUT2D eigenvalue weighted by Crippen LogP contribution is -2.33. The third-order valence-electron chi connectivity index (χ3n) is 4.18. The van der Waals surface area contributed by atoms with E-state index in [4.69, 9.17) is 25.0 Å². The highest BCUT2D eigenvalue weighted by molar-refractivity contribution is 7.46. The number of hydrogen-bond acceptors (Lipinski definition) is 10. The minimum Gasteiger partial charge on any atom is -0.463 e. The van der Waals surface area contributed by atoms with E-state index in [9.17, 15) is 14.8 Å². The van der Waals surface area contributed by atoms with Crippen LogP contribution in [0.1, 0.15) is 26.0 Å². The first-order valence-corrected chi connectivity index (χ1v) is 10.1. The predicted octanol–water partition coefficient (Wildman–Crippen LogP) is -0.684. The van der Waals surface area contributed by atoms with Gasteiger partial charge in [-0.15, -0.1) is 0 Å². The molecule has 2 aromatic rings. The van der Waals surface area contributed by atoms with Crippen molar-refractivity contribution in [2.24, 2.45) is 0 Å². The molecule has 14 heteroatoms. The lowest BCUT2D eigenvalue weighted by Gasteiger charge is -2.17. The Kier molecular flexibility index (Phi) is 6.15. The van der Waals surface area contributed by atoms with Gasteiger partial charge in [-0.1, -0.05) is 13.3 Å². The lowest BCUT2D eigenvalue weighted by molar-refractivity contribution is -0.0504. The van der Waals surface area contributed by atoms with E-state index in [1.807, 2.05) is 6.92 Å². The van der Waals surface area contributed by atoms with Crippen molar-refractivity contribution in [2.75, 3.05) is 18.9 Å². The van der Waals surface area contributed by atoms with Crippen LogP contribution in [0.2, 0.25) is 0 Å². The molecule has 4 atom stereocenters. The van der Waals surface area contributed by atoms with Crippen LogP contribution < -0.4 is 10.5 Å². The third-order valence-corrected chi connectivity index (χ3v) is 4.66. The summed E-state index contributed by atoms with van der Waals surface area (Å²) >= 11 is 0. The fourth-order valence-corrected chi connectivity index (χ4v) is 3.08. The molecule has 0 bridgehead atoms. The molecular formula is C14H22N5O8P. The Labute approximate surface area is 159 Å². The molecular weight excluding hydrogens is 397 g/mol. The summed E-state index contributed by atoms with van der Waals surface area (Å²) in [7, 11) is -4.76. The summed E-state index contributed by atoms with van der Waals surface area (Å²) < 4.78 is 27.5. The monoisotopic (exact) mass is 419 g/mol. The topological polar surface area (TPSA) is 195 Å². The fourth-order valence-electron chi connectivity index (χ4n) is 2.74. The number of aromatic nitrogens is 4. The van der Waals surface area contributed by atoms with Crippen LogP contribution >= 0.6 is 7.82 Å². The molecule has 2 aromatic heterocycles. The number of phosphoric ester groups is 1. The van der Waals surface area contributed by atoms with Crippen LogP contribution in [0, 0.1) is 0 Å². The van der Waals surface area contributed by atoms with Crippen LogP contribution in [-0.4, -0.2) is 71.0 Å². The summed E-state index contributed by atoms with van der Waals surface area (Å²) in [6.07, 6.45) is -2.16. The number of phosphoric acid groups is 1. The average Bonchev–Trinajstić information content (AvgIpc) is 3.15. The van der Waals surface area contributed by atoms with Crippen LogP contribution in [-0.2, 0) is 13.8 Å². The number of aliphatic hydroxyl groups excluding tert-OH is 2. The van der Waals surface area contributed by atoms with E-state index >= 15 is 0 Å².